The molecule has 0 fully saturated rings. The van der Waals surface area contributed by atoms with Gasteiger partial charge in [0.1, 0.15) is 17.0 Å². The predicted molar refractivity (Wildman–Crippen MR) is 87.9 cm³/mol. The largest absolute Gasteiger partial charge is 0.496 e. The Bertz CT molecular complexity index is 842. The lowest BCUT2D eigenvalue weighted by molar-refractivity contribution is 0.103. The van der Waals surface area contributed by atoms with Crippen molar-refractivity contribution in [2.45, 2.75) is 13.8 Å². The predicted octanol–water partition coefficient (Wildman–Crippen LogP) is 2.81. The van der Waals surface area contributed by atoms with Gasteiger partial charge in [-0.3, -0.25) is 9.89 Å². The van der Waals surface area contributed by atoms with E-state index in [0.717, 1.165) is 11.3 Å². The van der Waals surface area contributed by atoms with Gasteiger partial charge in [-0.05, 0) is 37.6 Å². The van der Waals surface area contributed by atoms with Crippen molar-refractivity contribution < 1.29 is 9.53 Å². The smallest absolute Gasteiger partial charge is 0.267 e. The van der Waals surface area contributed by atoms with E-state index < -0.39 is 0 Å². The summed E-state index contributed by atoms with van der Waals surface area (Å²) in [4.78, 5) is 21.4. The number of hydrogen-bond donors (Lipinski definition) is 2. The lowest BCUT2D eigenvalue weighted by atomic mass is 10.2. The van der Waals surface area contributed by atoms with Crippen molar-refractivity contribution in [2.24, 2.45) is 0 Å². The molecule has 0 saturated carbocycles. The second-order valence-corrected chi connectivity index (χ2v) is 5.91. The highest BCUT2D eigenvalue weighted by atomic mass is 32.1. The molecule has 0 spiro atoms. The highest BCUT2D eigenvalue weighted by Gasteiger charge is 2.18. The number of anilines is 1. The quantitative estimate of drug-likeness (QED) is 0.768. The van der Waals surface area contributed by atoms with Crippen molar-refractivity contribution in [1.29, 1.82) is 0 Å². The highest BCUT2D eigenvalue weighted by Crippen LogP contribution is 2.27. The zero-order valence-electron chi connectivity index (χ0n) is 12.9. The van der Waals surface area contributed by atoms with E-state index in [9.17, 15) is 4.79 Å². The van der Waals surface area contributed by atoms with E-state index in [1.807, 2.05) is 19.1 Å². The van der Waals surface area contributed by atoms with Gasteiger partial charge >= 0.3 is 0 Å². The van der Waals surface area contributed by atoms with Crippen LogP contribution in [0, 0.1) is 13.8 Å². The van der Waals surface area contributed by atoms with Gasteiger partial charge in [0.2, 0.25) is 0 Å². The third kappa shape index (κ3) is 3.07. The molecule has 0 saturated heterocycles. The van der Waals surface area contributed by atoms with E-state index in [-0.39, 0.29) is 5.91 Å². The number of nitrogens with zero attached hydrogens (tertiary/aromatic N) is 3. The fraction of sp³-hybridized carbons (Fsp3) is 0.200. The number of carbonyl (C=O) groups excluding carboxylic acids is 1. The lowest BCUT2D eigenvalue weighted by Gasteiger charge is -2.08. The fourth-order valence-electron chi connectivity index (χ4n) is 2.16. The van der Waals surface area contributed by atoms with E-state index in [1.54, 1.807) is 20.1 Å². The molecule has 2 aromatic heterocycles. The van der Waals surface area contributed by atoms with Crippen molar-refractivity contribution >= 4 is 22.9 Å². The number of amides is 1. The zero-order valence-corrected chi connectivity index (χ0v) is 13.7. The number of rotatable bonds is 4. The van der Waals surface area contributed by atoms with Crippen LogP contribution in [0.5, 0.6) is 5.75 Å². The van der Waals surface area contributed by atoms with E-state index in [4.69, 9.17) is 4.74 Å². The number of carbonyl (C=O) groups is 1. The fourth-order valence-corrected chi connectivity index (χ4v) is 3.07. The zero-order chi connectivity index (χ0) is 16.4. The van der Waals surface area contributed by atoms with Crippen LogP contribution in [0.2, 0.25) is 0 Å². The number of nitrogens with one attached hydrogen (secondary N) is 2. The Morgan fingerprint density at radius 1 is 1.35 bits per heavy atom. The van der Waals surface area contributed by atoms with Crippen LogP contribution >= 0.6 is 11.3 Å². The summed E-state index contributed by atoms with van der Waals surface area (Å²) in [5.41, 5.74) is 2.32. The van der Waals surface area contributed by atoms with Crippen LogP contribution in [0.1, 0.15) is 20.9 Å². The van der Waals surface area contributed by atoms with Crippen LogP contribution in [-0.4, -0.2) is 33.2 Å². The second-order valence-electron chi connectivity index (χ2n) is 4.91. The van der Waals surface area contributed by atoms with Crippen LogP contribution in [-0.2, 0) is 0 Å². The molecule has 8 heteroatoms. The molecule has 2 heterocycles. The monoisotopic (exact) mass is 329 g/mol. The van der Waals surface area contributed by atoms with Crippen LogP contribution in [0.15, 0.2) is 24.5 Å². The first kappa shape index (κ1) is 15.2. The summed E-state index contributed by atoms with van der Waals surface area (Å²) >= 11 is 1.27. The van der Waals surface area contributed by atoms with Crippen LogP contribution in [0.3, 0.4) is 0 Å². The summed E-state index contributed by atoms with van der Waals surface area (Å²) in [6.07, 6.45) is 1.41. The first-order chi connectivity index (χ1) is 11.1. The van der Waals surface area contributed by atoms with Gasteiger partial charge in [-0.2, -0.15) is 5.10 Å². The third-order valence-corrected chi connectivity index (χ3v) is 4.44. The van der Waals surface area contributed by atoms with Gasteiger partial charge in [0, 0.05) is 5.69 Å². The van der Waals surface area contributed by atoms with Gasteiger partial charge < -0.3 is 10.1 Å². The third-order valence-electron chi connectivity index (χ3n) is 3.27. The minimum absolute atomic E-state index is 0.199. The van der Waals surface area contributed by atoms with Gasteiger partial charge in [-0.25, -0.2) is 9.97 Å². The van der Waals surface area contributed by atoms with Crippen molar-refractivity contribution in [2.75, 3.05) is 12.4 Å². The maximum absolute atomic E-state index is 12.5. The summed E-state index contributed by atoms with van der Waals surface area (Å²) < 4.78 is 5.22. The molecule has 0 radical (unpaired) electrons. The molecule has 0 aliphatic carbocycles. The molecule has 23 heavy (non-hydrogen) atoms. The molecule has 3 aromatic rings. The first-order valence-electron chi connectivity index (χ1n) is 6.87. The van der Waals surface area contributed by atoms with Gasteiger partial charge in [0.15, 0.2) is 10.8 Å². The molecule has 0 aliphatic heterocycles. The number of aryl methyl sites for hydroxylation is 2. The van der Waals surface area contributed by atoms with Crippen molar-refractivity contribution in [3.05, 3.63) is 40.7 Å². The molecular formula is C15H15N5O2S. The van der Waals surface area contributed by atoms with E-state index in [2.05, 4.69) is 25.5 Å². The number of hydrogen-bond acceptors (Lipinski definition) is 6. The molecule has 118 valence electrons. The molecule has 2 N–H and O–H groups in total. The van der Waals surface area contributed by atoms with E-state index in [1.165, 1.54) is 17.7 Å². The van der Waals surface area contributed by atoms with Crippen molar-refractivity contribution in [3.8, 4) is 16.6 Å². The van der Waals surface area contributed by atoms with Crippen LogP contribution in [0.4, 0.5) is 5.69 Å². The van der Waals surface area contributed by atoms with Gasteiger partial charge in [0.25, 0.3) is 5.91 Å². The number of H-pyrrole nitrogens is 1. The Morgan fingerprint density at radius 3 is 2.83 bits per heavy atom. The summed E-state index contributed by atoms with van der Waals surface area (Å²) in [5, 5.41) is 10.1. The van der Waals surface area contributed by atoms with Gasteiger partial charge in [-0.1, -0.05) is 0 Å². The molecule has 1 amide bonds. The maximum Gasteiger partial charge on any atom is 0.267 e. The average Bonchev–Trinajstić information content (AvgIpc) is 3.16. The van der Waals surface area contributed by atoms with E-state index >= 15 is 0 Å². The summed E-state index contributed by atoms with van der Waals surface area (Å²) in [6, 6.07) is 5.49. The normalized spacial score (nSPS) is 10.6. The Balaban J connectivity index is 1.82. The SMILES string of the molecule is COc1ccc(NC(=O)c2sc(-c3ncn[nH]3)nc2C)cc1C. The molecule has 0 bridgehead atoms. The Labute approximate surface area is 136 Å². The Morgan fingerprint density at radius 2 is 2.17 bits per heavy atom. The second kappa shape index (κ2) is 6.17. The minimum atomic E-state index is -0.199. The molecule has 0 aliphatic rings. The van der Waals surface area contributed by atoms with Crippen LogP contribution < -0.4 is 10.1 Å². The summed E-state index contributed by atoms with van der Waals surface area (Å²) in [6.45, 7) is 3.72. The number of aromatic nitrogens is 4. The topological polar surface area (TPSA) is 92.8 Å². The van der Waals surface area contributed by atoms with Crippen LogP contribution in [0.25, 0.3) is 10.8 Å². The number of thiazole rings is 1. The summed E-state index contributed by atoms with van der Waals surface area (Å²) in [7, 11) is 1.62. The summed E-state index contributed by atoms with van der Waals surface area (Å²) in [5.74, 6) is 1.14. The first-order valence-corrected chi connectivity index (χ1v) is 7.69. The van der Waals surface area contributed by atoms with Crippen molar-refractivity contribution in [3.63, 3.8) is 0 Å². The Hall–Kier alpha value is -2.74. The van der Waals surface area contributed by atoms with Gasteiger partial charge in [-0.15, -0.1) is 11.3 Å². The Kier molecular flexibility index (Phi) is 4.07. The number of ether oxygens (including phenoxy) is 1. The molecule has 3 rings (SSSR count). The molecule has 1 aromatic carbocycles. The highest BCUT2D eigenvalue weighted by molar-refractivity contribution is 7.17. The maximum atomic E-state index is 12.5. The number of methoxy groups -OCH3 is 1. The molecule has 0 atom stereocenters. The average molecular weight is 329 g/mol. The van der Waals surface area contributed by atoms with E-state index in [0.29, 0.717) is 27.1 Å². The number of aromatic amines is 1. The molecule has 7 nitrogen and oxygen atoms in total. The van der Waals surface area contributed by atoms with Gasteiger partial charge in [0.05, 0.1) is 12.8 Å². The number of benzene rings is 1. The standard InChI is InChI=1S/C15H15N5O2S/c1-8-6-10(4-5-11(8)22-3)19-14(21)12-9(2)18-15(23-12)13-16-7-17-20-13/h4-7H,1-3H3,(H,19,21)(H,16,17,20). The molecule has 0 unspecified atom stereocenters. The van der Waals surface area contributed by atoms with Crippen molar-refractivity contribution in [1.82, 2.24) is 20.2 Å². The lowest BCUT2D eigenvalue weighted by Crippen LogP contribution is -2.11. The molecular weight excluding hydrogens is 314 g/mol. The minimum Gasteiger partial charge on any atom is -0.496 e.